The lowest BCUT2D eigenvalue weighted by atomic mass is 10.2. The second-order valence-corrected chi connectivity index (χ2v) is 5.16. The quantitative estimate of drug-likeness (QED) is 0.879. The summed E-state index contributed by atoms with van der Waals surface area (Å²) in [6.07, 6.45) is 0. The number of hydrogen-bond donors (Lipinski definition) is 2. The molecule has 0 aliphatic heterocycles. The number of hydrogen-bond acceptors (Lipinski definition) is 4. The van der Waals surface area contributed by atoms with E-state index in [1.165, 1.54) is 11.3 Å². The van der Waals surface area contributed by atoms with Crippen LogP contribution in [-0.4, -0.2) is 18.2 Å². The third kappa shape index (κ3) is 3.26. The summed E-state index contributed by atoms with van der Waals surface area (Å²) in [7, 11) is 1.63. The lowest BCUT2D eigenvalue weighted by Gasteiger charge is -2.11. The highest BCUT2D eigenvalue weighted by molar-refractivity contribution is 7.10. The summed E-state index contributed by atoms with van der Waals surface area (Å²) in [6, 6.07) is 7.58. The maximum absolute atomic E-state index is 10.8. The van der Waals surface area contributed by atoms with Gasteiger partial charge in [-0.25, -0.2) is 4.79 Å². The normalized spacial score (nSPS) is 10.2. The fraction of sp³-hybridized carbons (Fsp3) is 0.214. The van der Waals surface area contributed by atoms with Gasteiger partial charge in [0.15, 0.2) is 0 Å². The molecule has 0 radical (unpaired) electrons. The second-order valence-electron chi connectivity index (χ2n) is 4.16. The number of aromatic carboxylic acids is 1. The molecule has 0 aliphatic rings. The highest BCUT2D eigenvalue weighted by Gasteiger charge is 2.07. The molecule has 5 heteroatoms. The van der Waals surface area contributed by atoms with Crippen molar-refractivity contribution in [3.05, 3.63) is 45.6 Å². The van der Waals surface area contributed by atoms with Gasteiger partial charge in [0, 0.05) is 16.8 Å². The fourth-order valence-electron chi connectivity index (χ4n) is 1.73. The number of benzene rings is 1. The molecule has 1 aromatic carbocycles. The summed E-state index contributed by atoms with van der Waals surface area (Å²) in [5.74, 6) is -0.115. The van der Waals surface area contributed by atoms with Crippen molar-refractivity contribution in [3.8, 4) is 5.75 Å². The van der Waals surface area contributed by atoms with Crippen LogP contribution in [0.5, 0.6) is 5.75 Å². The van der Waals surface area contributed by atoms with Crippen molar-refractivity contribution in [3.63, 3.8) is 0 Å². The molecule has 0 aliphatic carbocycles. The Kier molecular flexibility index (Phi) is 4.06. The van der Waals surface area contributed by atoms with Crippen LogP contribution in [0, 0.1) is 6.92 Å². The van der Waals surface area contributed by atoms with Crippen molar-refractivity contribution in [2.45, 2.75) is 13.5 Å². The Bertz CT molecular complexity index is 592. The molecular formula is C14H15NO3S. The van der Waals surface area contributed by atoms with Gasteiger partial charge in [0.05, 0.1) is 18.4 Å². The number of carboxylic acid groups (broad SMARTS) is 1. The zero-order valence-electron chi connectivity index (χ0n) is 10.8. The molecule has 100 valence electrons. The number of anilines is 1. The minimum atomic E-state index is -0.893. The first kappa shape index (κ1) is 13.4. The van der Waals surface area contributed by atoms with Crippen LogP contribution >= 0.6 is 11.3 Å². The van der Waals surface area contributed by atoms with Crippen molar-refractivity contribution in [1.29, 1.82) is 0 Å². The molecule has 0 saturated carbocycles. The summed E-state index contributed by atoms with van der Waals surface area (Å²) in [4.78, 5) is 11.8. The number of aryl methyl sites for hydroxylation is 1. The Labute approximate surface area is 115 Å². The fourth-order valence-corrected chi connectivity index (χ4v) is 2.53. The standard InChI is InChI=1S/C14H15NO3S/c1-9-3-4-13(18-2)12(5-9)15-7-11-6-10(8-19-11)14(16)17/h3-6,8,15H,7H2,1-2H3,(H,16,17). The maximum atomic E-state index is 10.8. The largest absolute Gasteiger partial charge is 0.495 e. The zero-order valence-corrected chi connectivity index (χ0v) is 11.6. The van der Waals surface area contributed by atoms with Crippen LogP contribution in [0.1, 0.15) is 20.8 Å². The molecule has 0 unspecified atom stereocenters. The van der Waals surface area contributed by atoms with Crippen LogP contribution in [0.15, 0.2) is 29.6 Å². The minimum Gasteiger partial charge on any atom is -0.495 e. The summed E-state index contributed by atoms with van der Waals surface area (Å²) in [5.41, 5.74) is 2.38. The highest BCUT2D eigenvalue weighted by Crippen LogP contribution is 2.26. The number of carbonyl (C=O) groups is 1. The molecule has 0 amide bonds. The average molecular weight is 277 g/mol. The number of thiophene rings is 1. The Morgan fingerprint density at radius 2 is 2.21 bits per heavy atom. The van der Waals surface area contributed by atoms with Crippen molar-refractivity contribution in [1.82, 2.24) is 0 Å². The van der Waals surface area contributed by atoms with Gasteiger partial charge >= 0.3 is 5.97 Å². The van der Waals surface area contributed by atoms with E-state index >= 15 is 0 Å². The Balaban J connectivity index is 2.09. The van der Waals surface area contributed by atoms with Crippen LogP contribution in [0.25, 0.3) is 0 Å². The van der Waals surface area contributed by atoms with Gasteiger partial charge in [-0.05, 0) is 30.7 Å². The molecule has 0 spiro atoms. The van der Waals surface area contributed by atoms with E-state index in [9.17, 15) is 4.79 Å². The zero-order chi connectivity index (χ0) is 13.8. The van der Waals surface area contributed by atoms with E-state index in [1.807, 2.05) is 25.1 Å². The molecule has 4 nitrogen and oxygen atoms in total. The summed E-state index contributed by atoms with van der Waals surface area (Å²) < 4.78 is 5.28. The first-order valence-electron chi connectivity index (χ1n) is 5.79. The molecule has 0 saturated heterocycles. The van der Waals surface area contributed by atoms with Crippen LogP contribution in [-0.2, 0) is 6.54 Å². The minimum absolute atomic E-state index is 0.331. The van der Waals surface area contributed by atoms with Gasteiger partial charge in [-0.1, -0.05) is 6.07 Å². The van der Waals surface area contributed by atoms with E-state index in [4.69, 9.17) is 9.84 Å². The molecule has 2 aromatic rings. The SMILES string of the molecule is COc1ccc(C)cc1NCc1cc(C(=O)O)cs1. The molecule has 0 atom stereocenters. The molecule has 2 rings (SSSR count). The van der Waals surface area contributed by atoms with Crippen molar-refractivity contribution in [2.75, 3.05) is 12.4 Å². The van der Waals surface area contributed by atoms with E-state index in [-0.39, 0.29) is 0 Å². The first-order chi connectivity index (χ1) is 9.10. The first-order valence-corrected chi connectivity index (χ1v) is 6.67. The molecule has 1 aromatic heterocycles. The molecule has 1 heterocycles. The van der Waals surface area contributed by atoms with Gasteiger partial charge in [0.25, 0.3) is 0 Å². The van der Waals surface area contributed by atoms with Crippen LogP contribution < -0.4 is 10.1 Å². The van der Waals surface area contributed by atoms with Gasteiger partial charge in [-0.3, -0.25) is 0 Å². The Morgan fingerprint density at radius 3 is 2.84 bits per heavy atom. The number of nitrogens with one attached hydrogen (secondary N) is 1. The number of carboxylic acids is 1. The average Bonchev–Trinajstić information content (AvgIpc) is 2.85. The Morgan fingerprint density at radius 1 is 1.42 bits per heavy atom. The van der Waals surface area contributed by atoms with Crippen LogP contribution in [0.2, 0.25) is 0 Å². The topological polar surface area (TPSA) is 58.6 Å². The Hall–Kier alpha value is -2.01. The predicted molar refractivity (Wildman–Crippen MR) is 76.3 cm³/mol. The van der Waals surface area contributed by atoms with E-state index in [2.05, 4.69) is 5.32 Å². The molecule has 0 fully saturated rings. The maximum Gasteiger partial charge on any atom is 0.336 e. The third-order valence-corrected chi connectivity index (χ3v) is 3.65. The summed E-state index contributed by atoms with van der Waals surface area (Å²) in [5, 5.41) is 13.8. The number of methoxy groups -OCH3 is 1. The van der Waals surface area contributed by atoms with E-state index in [1.54, 1.807) is 18.6 Å². The van der Waals surface area contributed by atoms with Crippen molar-refractivity contribution < 1.29 is 14.6 Å². The van der Waals surface area contributed by atoms with Gasteiger partial charge < -0.3 is 15.2 Å². The van der Waals surface area contributed by atoms with Gasteiger partial charge in [-0.2, -0.15) is 0 Å². The summed E-state index contributed by atoms with van der Waals surface area (Å²) >= 11 is 1.43. The third-order valence-electron chi connectivity index (χ3n) is 2.71. The molecular weight excluding hydrogens is 262 g/mol. The molecule has 2 N–H and O–H groups in total. The smallest absolute Gasteiger partial charge is 0.336 e. The van der Waals surface area contributed by atoms with Gasteiger partial charge in [0.2, 0.25) is 0 Å². The van der Waals surface area contributed by atoms with Gasteiger partial charge in [0.1, 0.15) is 5.75 Å². The van der Waals surface area contributed by atoms with E-state index in [0.717, 1.165) is 21.9 Å². The van der Waals surface area contributed by atoms with Crippen molar-refractivity contribution in [2.24, 2.45) is 0 Å². The van der Waals surface area contributed by atoms with E-state index < -0.39 is 5.97 Å². The lowest BCUT2D eigenvalue weighted by Crippen LogP contribution is -2.00. The number of ether oxygens (including phenoxy) is 1. The molecule has 0 bridgehead atoms. The van der Waals surface area contributed by atoms with Crippen LogP contribution in [0.3, 0.4) is 0 Å². The van der Waals surface area contributed by atoms with Crippen molar-refractivity contribution >= 4 is 23.0 Å². The molecule has 19 heavy (non-hydrogen) atoms. The van der Waals surface area contributed by atoms with Gasteiger partial charge in [-0.15, -0.1) is 11.3 Å². The summed E-state index contributed by atoms with van der Waals surface area (Å²) in [6.45, 7) is 2.59. The van der Waals surface area contributed by atoms with Crippen LogP contribution in [0.4, 0.5) is 5.69 Å². The predicted octanol–water partition coefficient (Wildman–Crippen LogP) is 3.38. The monoisotopic (exact) mass is 277 g/mol. The highest BCUT2D eigenvalue weighted by atomic mass is 32.1. The van der Waals surface area contributed by atoms with E-state index in [0.29, 0.717) is 12.1 Å². The lowest BCUT2D eigenvalue weighted by molar-refractivity contribution is 0.0697. The second kappa shape index (κ2) is 5.75. The number of rotatable bonds is 5.